The molecule has 0 saturated heterocycles. The van der Waals surface area contributed by atoms with Crippen LogP contribution in [0.2, 0.25) is 0 Å². The van der Waals surface area contributed by atoms with Crippen LogP contribution in [-0.2, 0) is 16.3 Å². The van der Waals surface area contributed by atoms with E-state index < -0.39 is 14.6 Å². The SMILES string of the molecule is C=C(C)[C@@H]1CC=C(C)C[C@@]1(Cc1ccco1)S(=O)(=O)c1ccccc1. The Kier molecular flexibility index (Phi) is 4.74. The second kappa shape index (κ2) is 6.68. The van der Waals surface area contributed by atoms with Gasteiger partial charge in [0, 0.05) is 12.3 Å². The maximum Gasteiger partial charge on any atom is 0.185 e. The van der Waals surface area contributed by atoms with Gasteiger partial charge in [-0.1, -0.05) is 42.0 Å². The molecule has 4 heteroatoms. The van der Waals surface area contributed by atoms with Gasteiger partial charge in [0.2, 0.25) is 0 Å². The molecule has 1 aliphatic carbocycles. The highest BCUT2D eigenvalue weighted by Gasteiger charge is 2.52. The molecule has 1 aromatic carbocycles. The third-order valence-corrected chi connectivity index (χ3v) is 7.69. The number of furan rings is 1. The summed E-state index contributed by atoms with van der Waals surface area (Å²) in [4.78, 5) is 0.363. The van der Waals surface area contributed by atoms with Gasteiger partial charge in [-0.3, -0.25) is 0 Å². The second-order valence-electron chi connectivity index (χ2n) is 7.00. The molecule has 0 aliphatic heterocycles. The summed E-state index contributed by atoms with van der Waals surface area (Å²) >= 11 is 0. The van der Waals surface area contributed by atoms with Crippen LogP contribution in [0.15, 0.2) is 81.8 Å². The van der Waals surface area contributed by atoms with E-state index in [1.54, 1.807) is 36.6 Å². The summed E-state index contributed by atoms with van der Waals surface area (Å²) in [6.45, 7) is 8.04. The van der Waals surface area contributed by atoms with E-state index in [-0.39, 0.29) is 5.92 Å². The zero-order valence-electron chi connectivity index (χ0n) is 14.7. The molecule has 0 radical (unpaired) electrons. The standard InChI is InChI=1S/C21H24O3S/c1-16(2)20-12-11-17(3)14-21(20,15-18-8-7-13-24-18)25(22,23)19-9-5-4-6-10-19/h4-11,13,20H,1,12,14-15H2,2-3H3/t20-,21-/m0/s1. The minimum atomic E-state index is -3.59. The Morgan fingerprint density at radius 1 is 1.24 bits per heavy atom. The van der Waals surface area contributed by atoms with Crippen molar-refractivity contribution in [3.05, 3.63) is 78.3 Å². The fourth-order valence-electron chi connectivity index (χ4n) is 3.96. The van der Waals surface area contributed by atoms with Crippen molar-refractivity contribution >= 4 is 9.84 Å². The minimum Gasteiger partial charge on any atom is -0.469 e. The maximum atomic E-state index is 13.8. The molecule has 0 spiro atoms. The molecule has 2 aromatic rings. The first-order valence-corrected chi connectivity index (χ1v) is 9.98. The van der Waals surface area contributed by atoms with Gasteiger partial charge in [-0.15, -0.1) is 0 Å². The highest BCUT2D eigenvalue weighted by atomic mass is 32.2. The summed E-state index contributed by atoms with van der Waals surface area (Å²) in [6.07, 6.45) is 5.26. The normalized spacial score (nSPS) is 23.9. The van der Waals surface area contributed by atoms with E-state index in [0.29, 0.717) is 29.9 Å². The van der Waals surface area contributed by atoms with Gasteiger partial charge in [0.1, 0.15) is 5.76 Å². The molecular formula is C21H24O3S. The van der Waals surface area contributed by atoms with Crippen molar-refractivity contribution in [2.75, 3.05) is 0 Å². The average Bonchev–Trinajstić information content (AvgIpc) is 3.08. The van der Waals surface area contributed by atoms with E-state index in [4.69, 9.17) is 4.42 Å². The van der Waals surface area contributed by atoms with Gasteiger partial charge < -0.3 is 4.42 Å². The predicted octanol–water partition coefficient (Wildman–Crippen LogP) is 4.97. The minimum absolute atomic E-state index is 0.147. The smallest absolute Gasteiger partial charge is 0.185 e. The van der Waals surface area contributed by atoms with Gasteiger partial charge in [0.05, 0.1) is 15.9 Å². The van der Waals surface area contributed by atoms with E-state index in [1.165, 1.54) is 0 Å². The van der Waals surface area contributed by atoms with Crippen LogP contribution in [0.3, 0.4) is 0 Å². The lowest BCUT2D eigenvalue weighted by molar-refractivity contribution is 0.347. The zero-order chi connectivity index (χ0) is 18.1. The molecule has 1 heterocycles. The van der Waals surface area contributed by atoms with Crippen LogP contribution in [0, 0.1) is 5.92 Å². The number of hydrogen-bond donors (Lipinski definition) is 0. The lowest BCUT2D eigenvalue weighted by atomic mass is 9.74. The van der Waals surface area contributed by atoms with E-state index in [2.05, 4.69) is 12.7 Å². The molecule has 0 bridgehead atoms. The molecular weight excluding hydrogens is 332 g/mol. The summed E-state index contributed by atoms with van der Waals surface area (Å²) in [6, 6.07) is 12.4. The first-order chi connectivity index (χ1) is 11.9. The molecule has 132 valence electrons. The Morgan fingerprint density at radius 2 is 1.96 bits per heavy atom. The van der Waals surface area contributed by atoms with Crippen molar-refractivity contribution in [2.45, 2.75) is 42.8 Å². The van der Waals surface area contributed by atoms with Crippen LogP contribution >= 0.6 is 0 Å². The van der Waals surface area contributed by atoms with Crippen molar-refractivity contribution in [3.63, 3.8) is 0 Å². The quantitative estimate of drug-likeness (QED) is 0.711. The Hall–Kier alpha value is -2.07. The summed E-state index contributed by atoms with van der Waals surface area (Å²) in [7, 11) is -3.59. The monoisotopic (exact) mass is 356 g/mol. The lowest BCUT2D eigenvalue weighted by Gasteiger charge is -2.43. The molecule has 0 amide bonds. The van der Waals surface area contributed by atoms with Gasteiger partial charge in [0.25, 0.3) is 0 Å². The van der Waals surface area contributed by atoms with Crippen LogP contribution in [0.1, 0.15) is 32.4 Å². The first kappa shape index (κ1) is 17.7. The average molecular weight is 356 g/mol. The molecule has 3 nitrogen and oxygen atoms in total. The van der Waals surface area contributed by atoms with Crippen molar-refractivity contribution in [3.8, 4) is 0 Å². The molecule has 2 atom stereocenters. The van der Waals surface area contributed by atoms with Crippen LogP contribution in [0.5, 0.6) is 0 Å². The Labute approximate surface area is 150 Å². The number of rotatable bonds is 5. The summed E-state index contributed by atoms with van der Waals surface area (Å²) < 4.78 is 32.1. The third kappa shape index (κ3) is 3.11. The molecule has 1 aromatic heterocycles. The first-order valence-electron chi connectivity index (χ1n) is 8.50. The van der Waals surface area contributed by atoms with E-state index in [9.17, 15) is 8.42 Å². The number of allylic oxidation sites excluding steroid dienone is 3. The molecule has 0 unspecified atom stereocenters. The van der Waals surface area contributed by atoms with Gasteiger partial charge in [-0.25, -0.2) is 8.42 Å². The van der Waals surface area contributed by atoms with E-state index in [1.807, 2.05) is 26.0 Å². The summed E-state index contributed by atoms with van der Waals surface area (Å²) in [5.74, 6) is 0.548. The van der Waals surface area contributed by atoms with Crippen LogP contribution in [-0.4, -0.2) is 13.2 Å². The number of benzene rings is 1. The highest BCUT2D eigenvalue weighted by molar-refractivity contribution is 7.92. The Morgan fingerprint density at radius 3 is 2.56 bits per heavy atom. The van der Waals surface area contributed by atoms with E-state index in [0.717, 1.165) is 11.1 Å². The molecule has 3 rings (SSSR count). The van der Waals surface area contributed by atoms with Crippen LogP contribution in [0.4, 0.5) is 0 Å². The molecule has 0 saturated carbocycles. The predicted molar refractivity (Wildman–Crippen MR) is 100 cm³/mol. The van der Waals surface area contributed by atoms with Gasteiger partial charge in [0.15, 0.2) is 9.84 Å². The van der Waals surface area contributed by atoms with Crippen LogP contribution < -0.4 is 0 Å². The Bertz CT molecular complexity index is 876. The molecule has 0 N–H and O–H groups in total. The molecule has 0 fully saturated rings. The fraction of sp³-hybridized carbons (Fsp3) is 0.333. The molecule has 25 heavy (non-hydrogen) atoms. The van der Waals surface area contributed by atoms with Crippen molar-refractivity contribution < 1.29 is 12.8 Å². The third-order valence-electron chi connectivity index (χ3n) is 5.15. The van der Waals surface area contributed by atoms with Gasteiger partial charge in [-0.05, 0) is 51.0 Å². The second-order valence-corrected chi connectivity index (χ2v) is 9.29. The van der Waals surface area contributed by atoms with Crippen molar-refractivity contribution in [1.82, 2.24) is 0 Å². The van der Waals surface area contributed by atoms with Gasteiger partial charge >= 0.3 is 0 Å². The highest BCUT2D eigenvalue weighted by Crippen LogP contribution is 2.47. The fourth-order valence-corrected chi connectivity index (χ4v) is 6.36. The largest absolute Gasteiger partial charge is 0.469 e. The maximum absolute atomic E-state index is 13.8. The van der Waals surface area contributed by atoms with Crippen molar-refractivity contribution in [1.29, 1.82) is 0 Å². The molecule has 1 aliphatic rings. The summed E-state index contributed by atoms with van der Waals surface area (Å²) in [5, 5.41) is 0. The lowest BCUT2D eigenvalue weighted by Crippen LogP contribution is -2.49. The van der Waals surface area contributed by atoms with Gasteiger partial charge in [-0.2, -0.15) is 0 Å². The Balaban J connectivity index is 2.21. The topological polar surface area (TPSA) is 47.3 Å². The number of hydrogen-bond acceptors (Lipinski definition) is 3. The van der Waals surface area contributed by atoms with Crippen molar-refractivity contribution in [2.24, 2.45) is 5.92 Å². The van der Waals surface area contributed by atoms with Crippen LogP contribution in [0.25, 0.3) is 0 Å². The van der Waals surface area contributed by atoms with E-state index >= 15 is 0 Å². The number of sulfone groups is 1. The summed E-state index contributed by atoms with van der Waals surface area (Å²) in [5.41, 5.74) is 2.00. The zero-order valence-corrected chi connectivity index (χ0v) is 15.6.